The van der Waals surface area contributed by atoms with Gasteiger partial charge in [-0.2, -0.15) is 0 Å². The number of hydrogen-bond acceptors (Lipinski definition) is 3. The Morgan fingerprint density at radius 1 is 1.24 bits per heavy atom. The quantitative estimate of drug-likeness (QED) is 0.520. The van der Waals surface area contributed by atoms with Gasteiger partial charge >= 0.3 is 13.6 Å². The van der Waals surface area contributed by atoms with Crippen LogP contribution < -0.4 is 0 Å². The summed E-state index contributed by atoms with van der Waals surface area (Å²) in [5.74, 6) is -0.383. The van der Waals surface area contributed by atoms with Crippen LogP contribution in [0.5, 0.6) is 0 Å². The molecule has 0 saturated heterocycles. The van der Waals surface area contributed by atoms with Gasteiger partial charge in [0.25, 0.3) is 0 Å². The van der Waals surface area contributed by atoms with Crippen LogP contribution in [-0.2, 0) is 14.1 Å². The average molecular weight is 266 g/mol. The minimum atomic E-state index is -4.20. The van der Waals surface area contributed by atoms with Gasteiger partial charge in [0.05, 0.1) is 11.8 Å². The molecule has 0 aromatic carbocycles. The third-order valence-corrected chi connectivity index (χ3v) is 5.29. The second kappa shape index (κ2) is 7.14. The van der Waals surface area contributed by atoms with Gasteiger partial charge in [0.2, 0.25) is 0 Å². The van der Waals surface area contributed by atoms with E-state index in [9.17, 15) is 19.1 Å². The molecule has 5 nitrogen and oxygen atoms in total. The van der Waals surface area contributed by atoms with Crippen molar-refractivity contribution in [1.29, 1.82) is 0 Å². The normalized spacial score (nSPS) is 12.5. The molecule has 0 amide bonds. The van der Waals surface area contributed by atoms with Crippen molar-refractivity contribution in [1.82, 2.24) is 0 Å². The van der Waals surface area contributed by atoms with Crippen LogP contribution in [-0.4, -0.2) is 27.5 Å². The second-order valence-corrected chi connectivity index (χ2v) is 6.23. The van der Waals surface area contributed by atoms with Gasteiger partial charge in [0.15, 0.2) is 0 Å². The van der Waals surface area contributed by atoms with Gasteiger partial charge in [0.1, 0.15) is 0 Å². The lowest BCUT2D eigenvalue weighted by Crippen LogP contribution is -2.28. The highest BCUT2D eigenvalue weighted by Gasteiger charge is 2.43. The SMILES string of the molecule is CCCOC(=O)CCC(CC)(CC)P(=O)(O)O. The third-order valence-electron chi connectivity index (χ3n) is 3.20. The molecule has 0 aliphatic heterocycles. The summed E-state index contributed by atoms with van der Waals surface area (Å²) in [6, 6.07) is 0. The van der Waals surface area contributed by atoms with Crippen LogP contribution in [0.1, 0.15) is 52.9 Å². The molecule has 0 aromatic rings. The first-order chi connectivity index (χ1) is 7.83. The Bertz CT molecular complexity index is 280. The van der Waals surface area contributed by atoms with Crippen molar-refractivity contribution in [2.24, 2.45) is 0 Å². The first-order valence-electron chi connectivity index (χ1n) is 6.04. The van der Waals surface area contributed by atoms with E-state index in [1.165, 1.54) is 0 Å². The zero-order valence-corrected chi connectivity index (χ0v) is 11.7. The molecule has 0 unspecified atom stereocenters. The van der Waals surface area contributed by atoms with Gasteiger partial charge in [-0.25, -0.2) is 0 Å². The predicted molar refractivity (Wildman–Crippen MR) is 65.8 cm³/mol. The molecule has 0 bridgehead atoms. The van der Waals surface area contributed by atoms with Crippen LogP contribution in [0.25, 0.3) is 0 Å². The van der Waals surface area contributed by atoms with E-state index in [1.807, 2.05) is 6.92 Å². The highest BCUT2D eigenvalue weighted by atomic mass is 31.2. The summed E-state index contributed by atoms with van der Waals surface area (Å²) in [6.45, 7) is 5.73. The molecule has 0 fully saturated rings. The van der Waals surface area contributed by atoms with Crippen molar-refractivity contribution in [2.45, 2.75) is 58.0 Å². The molecule has 0 aliphatic rings. The van der Waals surface area contributed by atoms with Gasteiger partial charge in [-0.05, 0) is 25.7 Å². The van der Waals surface area contributed by atoms with Gasteiger partial charge < -0.3 is 14.5 Å². The maximum Gasteiger partial charge on any atom is 0.331 e. The molecule has 102 valence electrons. The Kier molecular flexibility index (Phi) is 6.98. The number of carbonyl (C=O) groups excluding carboxylic acids is 1. The highest BCUT2D eigenvalue weighted by molar-refractivity contribution is 7.53. The first-order valence-corrected chi connectivity index (χ1v) is 7.65. The first kappa shape index (κ1) is 16.6. The second-order valence-electron chi connectivity index (χ2n) is 4.20. The summed E-state index contributed by atoms with van der Waals surface area (Å²) < 4.78 is 16.4. The Morgan fingerprint density at radius 3 is 2.12 bits per heavy atom. The fourth-order valence-corrected chi connectivity index (χ4v) is 3.01. The van der Waals surface area contributed by atoms with Crippen molar-refractivity contribution in [3.05, 3.63) is 0 Å². The third kappa shape index (κ3) is 4.78. The van der Waals surface area contributed by atoms with Crippen LogP contribution in [0.4, 0.5) is 0 Å². The number of rotatable bonds is 8. The summed E-state index contributed by atoms with van der Waals surface area (Å²) in [7, 11) is -4.20. The minimum Gasteiger partial charge on any atom is -0.466 e. The summed E-state index contributed by atoms with van der Waals surface area (Å²) in [4.78, 5) is 30.1. The molecule has 6 heteroatoms. The largest absolute Gasteiger partial charge is 0.466 e. The van der Waals surface area contributed by atoms with E-state index in [2.05, 4.69) is 0 Å². The van der Waals surface area contributed by atoms with Crippen molar-refractivity contribution in [3.8, 4) is 0 Å². The monoisotopic (exact) mass is 266 g/mol. The fraction of sp³-hybridized carbons (Fsp3) is 0.909. The topological polar surface area (TPSA) is 83.8 Å². The Labute approximate surface area is 103 Å². The van der Waals surface area contributed by atoms with Gasteiger partial charge in [-0.15, -0.1) is 0 Å². The summed E-state index contributed by atoms with van der Waals surface area (Å²) >= 11 is 0. The standard InChI is InChI=1S/C11H23O5P/c1-4-9-16-10(12)7-8-11(5-2,6-3)17(13,14)15/h4-9H2,1-3H3,(H2,13,14,15). The zero-order valence-electron chi connectivity index (χ0n) is 10.8. The molecule has 0 radical (unpaired) electrons. The molecule has 17 heavy (non-hydrogen) atoms. The van der Waals surface area contributed by atoms with Crippen LogP contribution in [0.15, 0.2) is 0 Å². The van der Waals surface area contributed by atoms with E-state index in [1.54, 1.807) is 13.8 Å². The van der Waals surface area contributed by atoms with E-state index >= 15 is 0 Å². The van der Waals surface area contributed by atoms with E-state index in [0.29, 0.717) is 19.4 Å². The molecule has 0 heterocycles. The van der Waals surface area contributed by atoms with E-state index in [-0.39, 0.29) is 18.8 Å². The van der Waals surface area contributed by atoms with Crippen LogP contribution in [0.3, 0.4) is 0 Å². The van der Waals surface area contributed by atoms with Crippen LogP contribution in [0, 0.1) is 0 Å². The van der Waals surface area contributed by atoms with Crippen molar-refractivity contribution >= 4 is 13.6 Å². The molecule has 0 rings (SSSR count). The number of hydrogen-bond donors (Lipinski definition) is 2. The average Bonchev–Trinajstić information content (AvgIpc) is 2.26. The van der Waals surface area contributed by atoms with Gasteiger partial charge in [0, 0.05) is 6.42 Å². The fourth-order valence-electron chi connectivity index (χ4n) is 1.78. The number of esters is 1. The summed E-state index contributed by atoms with van der Waals surface area (Å²) in [5.41, 5.74) is 0. The van der Waals surface area contributed by atoms with Crippen molar-refractivity contribution < 1.29 is 23.9 Å². The predicted octanol–water partition coefficient (Wildman–Crippen LogP) is 2.46. The van der Waals surface area contributed by atoms with E-state index in [0.717, 1.165) is 6.42 Å². The maximum absolute atomic E-state index is 11.5. The lowest BCUT2D eigenvalue weighted by atomic mass is 9.96. The highest BCUT2D eigenvalue weighted by Crippen LogP contribution is 2.56. The van der Waals surface area contributed by atoms with Gasteiger partial charge in [-0.1, -0.05) is 20.8 Å². The number of ether oxygens (including phenoxy) is 1. The molecular weight excluding hydrogens is 243 g/mol. The summed E-state index contributed by atoms with van der Waals surface area (Å²) in [6.07, 6.45) is 1.69. The molecular formula is C11H23O5P. The lowest BCUT2D eigenvalue weighted by molar-refractivity contribution is -0.143. The molecule has 0 saturated carbocycles. The molecule has 0 spiro atoms. The molecule has 0 aliphatic carbocycles. The summed E-state index contributed by atoms with van der Waals surface area (Å²) in [5, 5.41) is -1.09. The van der Waals surface area contributed by atoms with Crippen molar-refractivity contribution in [2.75, 3.05) is 6.61 Å². The maximum atomic E-state index is 11.5. The Morgan fingerprint density at radius 2 is 1.76 bits per heavy atom. The smallest absolute Gasteiger partial charge is 0.331 e. The van der Waals surface area contributed by atoms with Crippen molar-refractivity contribution in [3.63, 3.8) is 0 Å². The Hall–Kier alpha value is -0.380. The van der Waals surface area contributed by atoms with Crippen LogP contribution in [0.2, 0.25) is 0 Å². The molecule has 0 aromatic heterocycles. The minimum absolute atomic E-state index is 0.0623. The Balaban J connectivity index is 4.48. The number of carbonyl (C=O) groups is 1. The lowest BCUT2D eigenvalue weighted by Gasteiger charge is -2.31. The van der Waals surface area contributed by atoms with E-state index in [4.69, 9.17) is 4.74 Å². The molecule has 0 atom stereocenters. The van der Waals surface area contributed by atoms with E-state index < -0.39 is 12.8 Å². The zero-order chi connectivity index (χ0) is 13.5. The van der Waals surface area contributed by atoms with Crippen LogP contribution >= 0.6 is 7.60 Å². The van der Waals surface area contributed by atoms with Gasteiger partial charge in [-0.3, -0.25) is 9.36 Å². The molecule has 2 N–H and O–H groups in total.